The number of fused-ring (bicyclic) bond motifs is 1. The van der Waals surface area contributed by atoms with Crippen LogP contribution in [0, 0.1) is 0 Å². The van der Waals surface area contributed by atoms with Crippen molar-refractivity contribution in [2.45, 2.75) is 51.7 Å². The van der Waals surface area contributed by atoms with Crippen LogP contribution in [0.5, 0.6) is 0 Å². The first-order valence-corrected chi connectivity index (χ1v) is 9.17. The van der Waals surface area contributed by atoms with Gasteiger partial charge >= 0.3 is 5.97 Å². The minimum atomic E-state index is -0.609. The Labute approximate surface area is 148 Å². The Morgan fingerprint density at radius 1 is 1.08 bits per heavy atom. The lowest BCUT2D eigenvalue weighted by Crippen LogP contribution is -2.31. The molecule has 3 rings (SSSR count). The summed E-state index contributed by atoms with van der Waals surface area (Å²) in [6.45, 7) is 2.22. The van der Waals surface area contributed by atoms with Gasteiger partial charge in [-0.2, -0.15) is 0 Å². The van der Waals surface area contributed by atoms with Crippen molar-refractivity contribution in [1.29, 1.82) is 0 Å². The van der Waals surface area contributed by atoms with E-state index in [-0.39, 0.29) is 18.4 Å². The molecular formula is C21H25NO3. The predicted molar refractivity (Wildman–Crippen MR) is 97.9 cm³/mol. The van der Waals surface area contributed by atoms with Crippen molar-refractivity contribution < 1.29 is 14.3 Å². The smallest absolute Gasteiger partial charge is 0.327 e. The van der Waals surface area contributed by atoms with Crippen molar-refractivity contribution >= 4 is 22.6 Å². The van der Waals surface area contributed by atoms with E-state index in [4.69, 9.17) is 4.74 Å². The number of cyclic esters (lactones) is 1. The Balaban J connectivity index is 1.75. The summed E-state index contributed by atoms with van der Waals surface area (Å²) >= 11 is 0. The third-order valence-electron chi connectivity index (χ3n) is 4.73. The van der Waals surface area contributed by atoms with Gasteiger partial charge in [0, 0.05) is 12.0 Å². The van der Waals surface area contributed by atoms with Crippen molar-refractivity contribution in [1.82, 2.24) is 4.90 Å². The summed E-state index contributed by atoms with van der Waals surface area (Å²) in [5.41, 5.74) is 0.878. The number of hydrogen-bond acceptors (Lipinski definition) is 3. The van der Waals surface area contributed by atoms with Gasteiger partial charge in [-0.25, -0.2) is 0 Å². The highest BCUT2D eigenvalue weighted by atomic mass is 16.6. The first kappa shape index (κ1) is 17.5. The Hall–Kier alpha value is -2.36. The Kier molecular flexibility index (Phi) is 5.69. The van der Waals surface area contributed by atoms with Crippen LogP contribution in [-0.2, 0) is 14.3 Å². The van der Waals surface area contributed by atoms with E-state index in [2.05, 4.69) is 6.92 Å². The number of unbranched alkanes of at least 4 members (excludes halogenated alkanes) is 4. The van der Waals surface area contributed by atoms with Crippen molar-refractivity contribution in [3.63, 3.8) is 0 Å². The molecule has 2 aromatic carbocycles. The number of hydrogen-bond donors (Lipinski definition) is 0. The summed E-state index contributed by atoms with van der Waals surface area (Å²) in [6, 6.07) is 13.9. The van der Waals surface area contributed by atoms with Gasteiger partial charge in [0.25, 0.3) is 0 Å². The quantitative estimate of drug-likeness (QED) is 0.548. The van der Waals surface area contributed by atoms with E-state index in [1.165, 1.54) is 12.8 Å². The van der Waals surface area contributed by atoms with Gasteiger partial charge in [-0.3, -0.25) is 14.5 Å². The lowest BCUT2D eigenvalue weighted by atomic mass is 10.0. The lowest BCUT2D eigenvalue weighted by molar-refractivity contribution is -0.143. The van der Waals surface area contributed by atoms with E-state index in [0.29, 0.717) is 6.42 Å². The van der Waals surface area contributed by atoms with E-state index in [1.54, 1.807) is 4.90 Å². The molecule has 1 atom stereocenters. The van der Waals surface area contributed by atoms with Gasteiger partial charge in [-0.15, -0.1) is 0 Å². The number of carbonyl (C=O) groups is 2. The molecule has 1 unspecified atom stereocenters. The summed E-state index contributed by atoms with van der Waals surface area (Å²) < 4.78 is 5.50. The maximum absolute atomic E-state index is 12.6. The Morgan fingerprint density at radius 2 is 1.84 bits per heavy atom. The molecule has 0 bridgehead atoms. The normalized spacial score (nSPS) is 17.1. The van der Waals surface area contributed by atoms with Crippen LogP contribution in [0.2, 0.25) is 0 Å². The molecular weight excluding hydrogens is 314 g/mol. The van der Waals surface area contributed by atoms with Crippen molar-refractivity contribution in [3.8, 4) is 0 Å². The van der Waals surface area contributed by atoms with Gasteiger partial charge < -0.3 is 4.74 Å². The number of amides is 1. The SMILES string of the molecule is CCCCCCCC(=O)N1CC(=O)OC1c1cccc2ccccc12. The van der Waals surface area contributed by atoms with Crippen molar-refractivity contribution in [2.75, 3.05) is 6.54 Å². The summed E-state index contributed by atoms with van der Waals surface area (Å²) in [5, 5.41) is 2.10. The van der Waals surface area contributed by atoms with Gasteiger partial charge in [0.05, 0.1) is 0 Å². The number of ether oxygens (including phenoxy) is 1. The molecule has 25 heavy (non-hydrogen) atoms. The highest BCUT2D eigenvalue weighted by Gasteiger charge is 2.37. The maximum atomic E-state index is 12.6. The Bertz CT molecular complexity index is 750. The van der Waals surface area contributed by atoms with Crippen molar-refractivity contribution in [3.05, 3.63) is 48.0 Å². The van der Waals surface area contributed by atoms with Crippen LogP contribution >= 0.6 is 0 Å². The third kappa shape index (κ3) is 4.01. The van der Waals surface area contributed by atoms with E-state index >= 15 is 0 Å². The average molecular weight is 339 g/mol. The lowest BCUT2D eigenvalue weighted by Gasteiger charge is -2.23. The number of benzene rings is 2. The molecule has 1 heterocycles. The van der Waals surface area contributed by atoms with Crippen LogP contribution in [0.15, 0.2) is 42.5 Å². The van der Waals surface area contributed by atoms with E-state index < -0.39 is 6.23 Å². The Morgan fingerprint density at radius 3 is 2.68 bits per heavy atom. The monoisotopic (exact) mass is 339 g/mol. The third-order valence-corrected chi connectivity index (χ3v) is 4.73. The first-order valence-electron chi connectivity index (χ1n) is 9.17. The standard InChI is InChI=1S/C21H25NO3/c1-2-3-4-5-6-14-19(23)22-15-20(24)25-21(22)18-13-9-11-16-10-7-8-12-17(16)18/h7-13,21H,2-6,14-15H2,1H3. The molecule has 1 aliphatic heterocycles. The summed E-state index contributed by atoms with van der Waals surface area (Å²) in [5.74, 6) is -0.336. The van der Waals surface area contributed by atoms with Gasteiger partial charge in [0.2, 0.25) is 12.1 Å². The fourth-order valence-electron chi connectivity index (χ4n) is 3.39. The van der Waals surface area contributed by atoms with E-state index in [9.17, 15) is 9.59 Å². The molecule has 2 aromatic rings. The summed E-state index contributed by atoms with van der Waals surface area (Å²) in [4.78, 5) is 26.1. The van der Waals surface area contributed by atoms with Crippen LogP contribution in [0.4, 0.5) is 0 Å². The molecule has 0 spiro atoms. The summed E-state index contributed by atoms with van der Waals surface area (Å²) in [6.07, 6.45) is 5.34. The highest BCUT2D eigenvalue weighted by Crippen LogP contribution is 2.33. The van der Waals surface area contributed by atoms with E-state index in [0.717, 1.165) is 35.6 Å². The molecule has 4 heteroatoms. The number of rotatable bonds is 7. The second-order valence-electron chi connectivity index (χ2n) is 6.60. The van der Waals surface area contributed by atoms with Gasteiger partial charge in [-0.1, -0.05) is 75.1 Å². The minimum Gasteiger partial charge on any atom is -0.436 e. The largest absolute Gasteiger partial charge is 0.436 e. The molecule has 0 radical (unpaired) electrons. The molecule has 0 aliphatic carbocycles. The molecule has 0 saturated carbocycles. The van der Waals surface area contributed by atoms with Crippen LogP contribution in [-0.4, -0.2) is 23.3 Å². The van der Waals surface area contributed by atoms with Crippen molar-refractivity contribution in [2.24, 2.45) is 0 Å². The zero-order chi connectivity index (χ0) is 17.6. The molecule has 132 valence electrons. The molecule has 1 saturated heterocycles. The number of nitrogens with zero attached hydrogens (tertiary/aromatic N) is 1. The van der Waals surface area contributed by atoms with Crippen LogP contribution in [0.25, 0.3) is 10.8 Å². The minimum absolute atomic E-state index is 0.000262. The second-order valence-corrected chi connectivity index (χ2v) is 6.60. The fraction of sp³-hybridized carbons (Fsp3) is 0.429. The topological polar surface area (TPSA) is 46.6 Å². The van der Waals surface area contributed by atoms with Crippen LogP contribution in [0.3, 0.4) is 0 Å². The summed E-state index contributed by atoms with van der Waals surface area (Å²) in [7, 11) is 0. The molecule has 0 aromatic heterocycles. The zero-order valence-corrected chi connectivity index (χ0v) is 14.7. The van der Waals surface area contributed by atoms with Crippen LogP contribution in [0.1, 0.15) is 57.2 Å². The van der Waals surface area contributed by atoms with E-state index in [1.807, 2.05) is 42.5 Å². The highest BCUT2D eigenvalue weighted by molar-refractivity contribution is 5.89. The van der Waals surface area contributed by atoms with Crippen LogP contribution < -0.4 is 0 Å². The van der Waals surface area contributed by atoms with Gasteiger partial charge in [0.1, 0.15) is 6.54 Å². The molecule has 1 aliphatic rings. The van der Waals surface area contributed by atoms with Gasteiger partial charge in [0.15, 0.2) is 0 Å². The fourth-order valence-corrected chi connectivity index (χ4v) is 3.39. The molecule has 4 nitrogen and oxygen atoms in total. The molecule has 1 fully saturated rings. The maximum Gasteiger partial charge on any atom is 0.327 e. The number of carbonyl (C=O) groups excluding carboxylic acids is 2. The average Bonchev–Trinajstić information content (AvgIpc) is 3.02. The molecule has 0 N–H and O–H groups in total. The number of esters is 1. The molecule has 1 amide bonds. The van der Waals surface area contributed by atoms with Gasteiger partial charge in [-0.05, 0) is 17.2 Å². The second kappa shape index (κ2) is 8.15. The zero-order valence-electron chi connectivity index (χ0n) is 14.7. The first-order chi connectivity index (χ1) is 12.2. The predicted octanol–water partition coefficient (Wildman–Crippen LogP) is 4.58.